The van der Waals surface area contributed by atoms with Gasteiger partial charge in [-0.15, -0.1) is 0 Å². The minimum Gasteiger partial charge on any atom is -0.377 e. The highest BCUT2D eigenvalue weighted by Gasteiger charge is 2.51. The van der Waals surface area contributed by atoms with Crippen molar-refractivity contribution in [1.29, 1.82) is 0 Å². The summed E-state index contributed by atoms with van der Waals surface area (Å²) >= 11 is 0. The van der Waals surface area contributed by atoms with Crippen molar-refractivity contribution < 1.29 is 14.2 Å². The third kappa shape index (κ3) is 1.71. The van der Waals surface area contributed by atoms with Gasteiger partial charge in [0.2, 0.25) is 0 Å². The number of methoxy groups -OCH3 is 2. The van der Waals surface area contributed by atoms with Crippen molar-refractivity contribution in [3.63, 3.8) is 0 Å². The van der Waals surface area contributed by atoms with Gasteiger partial charge < -0.3 is 14.2 Å². The van der Waals surface area contributed by atoms with E-state index in [9.17, 15) is 0 Å². The molecule has 1 aliphatic rings. The topological polar surface area (TPSA) is 27.7 Å². The summed E-state index contributed by atoms with van der Waals surface area (Å²) in [5.41, 5.74) is -0.283. The highest BCUT2D eigenvalue weighted by molar-refractivity contribution is 6.11. The summed E-state index contributed by atoms with van der Waals surface area (Å²) in [6.45, 7) is 4.17. The normalized spacial score (nSPS) is 36.1. The molecule has 14 heavy (non-hydrogen) atoms. The summed E-state index contributed by atoms with van der Waals surface area (Å²) < 4.78 is 16.5. The largest absolute Gasteiger partial charge is 0.377 e. The first kappa shape index (κ1) is 12.0. The summed E-state index contributed by atoms with van der Waals surface area (Å²) in [7, 11) is 9.17. The molecule has 1 fully saturated rings. The molecule has 0 N–H and O–H groups in total. The summed E-state index contributed by atoms with van der Waals surface area (Å²) in [5.74, 6) is 0. The molecule has 0 aromatic carbocycles. The van der Waals surface area contributed by atoms with Gasteiger partial charge in [0.15, 0.2) is 0 Å². The van der Waals surface area contributed by atoms with Gasteiger partial charge in [0.05, 0.1) is 5.60 Å². The first-order chi connectivity index (χ1) is 6.65. The van der Waals surface area contributed by atoms with E-state index in [0.717, 1.165) is 12.8 Å². The average molecular weight is 198 g/mol. The second-order valence-corrected chi connectivity index (χ2v) is 3.71. The zero-order valence-corrected chi connectivity index (χ0v) is 9.45. The Morgan fingerprint density at radius 2 is 1.79 bits per heavy atom. The fourth-order valence-electron chi connectivity index (χ4n) is 2.30. The predicted octanol–water partition coefficient (Wildman–Crippen LogP) is 1.10. The minimum absolute atomic E-state index is 0.0718. The van der Waals surface area contributed by atoms with E-state index in [4.69, 9.17) is 22.1 Å². The third-order valence-electron chi connectivity index (χ3n) is 3.23. The van der Waals surface area contributed by atoms with Gasteiger partial charge in [-0.05, 0) is 12.8 Å². The van der Waals surface area contributed by atoms with Crippen LogP contribution in [-0.2, 0) is 14.2 Å². The SMILES string of the molecule is [B][C@@H]1OC(CC)(CC)[C@@H](OC)[C@H]1OC. The lowest BCUT2D eigenvalue weighted by Gasteiger charge is -2.32. The molecule has 0 spiro atoms. The van der Waals surface area contributed by atoms with E-state index in [2.05, 4.69) is 13.8 Å². The number of rotatable bonds is 4. The Bertz CT molecular complexity index is 182. The summed E-state index contributed by atoms with van der Waals surface area (Å²) in [4.78, 5) is 0. The van der Waals surface area contributed by atoms with Gasteiger partial charge in [0, 0.05) is 20.2 Å². The van der Waals surface area contributed by atoms with E-state index in [0.29, 0.717) is 0 Å². The fourth-order valence-corrected chi connectivity index (χ4v) is 2.30. The van der Waals surface area contributed by atoms with Gasteiger partial charge in [-0.2, -0.15) is 0 Å². The Hall–Kier alpha value is -0.0551. The van der Waals surface area contributed by atoms with Crippen LogP contribution in [0.25, 0.3) is 0 Å². The molecular formula is C10H19BO3. The Labute approximate surface area is 87.5 Å². The van der Waals surface area contributed by atoms with Crippen LogP contribution in [0.5, 0.6) is 0 Å². The molecule has 0 amide bonds. The predicted molar refractivity (Wildman–Crippen MR) is 55.5 cm³/mol. The van der Waals surface area contributed by atoms with Crippen LogP contribution in [0.3, 0.4) is 0 Å². The van der Waals surface area contributed by atoms with Crippen LogP contribution in [0.1, 0.15) is 26.7 Å². The Balaban J connectivity index is 2.88. The maximum Gasteiger partial charge on any atom is 0.114 e. The summed E-state index contributed by atoms with van der Waals surface area (Å²) in [5, 5.41) is 0. The van der Waals surface area contributed by atoms with E-state index >= 15 is 0 Å². The van der Waals surface area contributed by atoms with Crippen LogP contribution < -0.4 is 0 Å². The molecule has 0 unspecified atom stereocenters. The van der Waals surface area contributed by atoms with Crippen molar-refractivity contribution in [3.8, 4) is 0 Å². The van der Waals surface area contributed by atoms with Crippen LogP contribution in [0.4, 0.5) is 0 Å². The third-order valence-corrected chi connectivity index (χ3v) is 3.23. The Morgan fingerprint density at radius 1 is 1.21 bits per heavy atom. The van der Waals surface area contributed by atoms with Crippen molar-refractivity contribution >= 4 is 7.85 Å². The number of hydrogen-bond acceptors (Lipinski definition) is 3. The lowest BCUT2D eigenvalue weighted by molar-refractivity contribution is -0.0917. The zero-order chi connectivity index (χ0) is 10.8. The van der Waals surface area contributed by atoms with Crippen molar-refractivity contribution in [2.24, 2.45) is 0 Å². The molecule has 4 heteroatoms. The molecule has 1 aliphatic heterocycles. The monoisotopic (exact) mass is 198 g/mol. The second-order valence-electron chi connectivity index (χ2n) is 3.71. The van der Waals surface area contributed by atoms with E-state index in [1.807, 2.05) is 0 Å². The molecule has 1 saturated heterocycles. The zero-order valence-electron chi connectivity index (χ0n) is 9.45. The minimum atomic E-state index is -0.384. The van der Waals surface area contributed by atoms with Gasteiger partial charge in [-0.25, -0.2) is 0 Å². The number of hydrogen-bond donors (Lipinski definition) is 0. The fraction of sp³-hybridized carbons (Fsp3) is 1.00. The summed E-state index contributed by atoms with van der Waals surface area (Å²) in [6.07, 6.45) is 1.53. The highest BCUT2D eigenvalue weighted by atomic mass is 16.6. The molecule has 3 atom stereocenters. The van der Waals surface area contributed by atoms with Crippen molar-refractivity contribution in [1.82, 2.24) is 0 Å². The molecule has 0 aromatic rings. The van der Waals surface area contributed by atoms with Gasteiger partial charge in [0.25, 0.3) is 0 Å². The molecule has 2 radical (unpaired) electrons. The van der Waals surface area contributed by atoms with Crippen molar-refractivity contribution in [2.75, 3.05) is 14.2 Å². The molecule has 0 aliphatic carbocycles. The highest BCUT2D eigenvalue weighted by Crippen LogP contribution is 2.38. The van der Waals surface area contributed by atoms with E-state index in [1.165, 1.54) is 0 Å². The maximum atomic E-state index is 5.85. The first-order valence-electron chi connectivity index (χ1n) is 5.14. The van der Waals surface area contributed by atoms with Crippen LogP contribution >= 0.6 is 0 Å². The average Bonchev–Trinajstić information content (AvgIpc) is 2.50. The standard InChI is InChI=1S/C10H19BO3/c1-5-10(6-2)8(13-4)7(12-3)9(11)14-10/h7-9H,5-6H2,1-4H3/t7-,8+,9-/m1/s1. The molecule has 0 bridgehead atoms. The van der Waals surface area contributed by atoms with Gasteiger partial charge >= 0.3 is 0 Å². The van der Waals surface area contributed by atoms with Crippen LogP contribution in [0, 0.1) is 0 Å². The van der Waals surface area contributed by atoms with Crippen molar-refractivity contribution in [3.05, 3.63) is 0 Å². The molecule has 1 rings (SSSR count). The first-order valence-corrected chi connectivity index (χ1v) is 5.14. The van der Waals surface area contributed by atoms with Crippen LogP contribution in [0.15, 0.2) is 0 Å². The van der Waals surface area contributed by atoms with Gasteiger partial charge in [0.1, 0.15) is 20.1 Å². The maximum absolute atomic E-state index is 5.85. The second kappa shape index (κ2) is 4.64. The van der Waals surface area contributed by atoms with Crippen molar-refractivity contribution in [2.45, 2.75) is 50.5 Å². The lowest BCUT2D eigenvalue weighted by Crippen LogP contribution is -2.44. The number of ether oxygens (including phenoxy) is 3. The van der Waals surface area contributed by atoms with Crippen LogP contribution in [0.2, 0.25) is 0 Å². The van der Waals surface area contributed by atoms with Gasteiger partial charge in [-0.1, -0.05) is 13.8 Å². The molecule has 80 valence electrons. The summed E-state index contributed by atoms with van der Waals surface area (Å²) in [6, 6.07) is -0.384. The van der Waals surface area contributed by atoms with Gasteiger partial charge in [-0.3, -0.25) is 0 Å². The quantitative estimate of drug-likeness (QED) is 0.633. The molecule has 1 heterocycles. The Kier molecular flexibility index (Phi) is 3.99. The van der Waals surface area contributed by atoms with Crippen LogP contribution in [-0.4, -0.2) is 45.9 Å². The molecule has 0 aromatic heterocycles. The molecule has 0 saturated carbocycles. The van der Waals surface area contributed by atoms with E-state index < -0.39 is 0 Å². The smallest absolute Gasteiger partial charge is 0.114 e. The molecular weight excluding hydrogens is 179 g/mol. The van der Waals surface area contributed by atoms with E-state index in [-0.39, 0.29) is 23.8 Å². The Morgan fingerprint density at radius 3 is 2.14 bits per heavy atom. The van der Waals surface area contributed by atoms with E-state index in [1.54, 1.807) is 14.2 Å². The lowest BCUT2D eigenvalue weighted by atomic mass is 9.86. The molecule has 3 nitrogen and oxygen atoms in total.